The van der Waals surface area contributed by atoms with E-state index in [9.17, 15) is 10.5 Å². The second-order valence-corrected chi connectivity index (χ2v) is 7.62. The predicted molar refractivity (Wildman–Crippen MR) is 70.3 cm³/mol. The van der Waals surface area contributed by atoms with Crippen molar-refractivity contribution in [1.29, 1.82) is 5.39 Å². The smallest absolute Gasteiger partial charge is 0.405 e. The number of aliphatic hydroxyl groups is 1. The summed E-state index contributed by atoms with van der Waals surface area (Å²) in [4.78, 5) is 3.53. The molecule has 3 heteroatoms. The Morgan fingerprint density at radius 3 is 2.61 bits per heavy atom. The number of hydrogen-bond acceptors (Lipinski definition) is 2. The summed E-state index contributed by atoms with van der Waals surface area (Å²) >= 11 is 0. The molecule has 0 radical (unpaired) electrons. The van der Waals surface area contributed by atoms with E-state index in [2.05, 4.69) is 25.7 Å². The van der Waals surface area contributed by atoms with Gasteiger partial charge in [-0.1, -0.05) is 27.2 Å². The number of hydrogen-bond donors (Lipinski definition) is 1. The summed E-state index contributed by atoms with van der Waals surface area (Å²) in [5.74, 6) is 0.910. The van der Waals surface area contributed by atoms with Crippen molar-refractivity contribution in [1.82, 2.24) is 0 Å². The SMILES string of the molecule is CC1(C)CCC[C@@]23C[C@@](C)(CC[C@@H]12)C(O)=C3[N+]#N. The molecule has 2 saturated carbocycles. The first-order valence-corrected chi connectivity index (χ1v) is 7.15. The average molecular weight is 247 g/mol. The van der Waals surface area contributed by atoms with Gasteiger partial charge in [0.15, 0.2) is 10.7 Å². The average Bonchev–Trinajstić information content (AvgIpc) is 2.42. The molecule has 0 saturated heterocycles. The van der Waals surface area contributed by atoms with Crippen LogP contribution in [0.15, 0.2) is 11.5 Å². The van der Waals surface area contributed by atoms with Crippen LogP contribution in [0.3, 0.4) is 0 Å². The van der Waals surface area contributed by atoms with Gasteiger partial charge in [0, 0.05) is 5.41 Å². The van der Waals surface area contributed by atoms with Gasteiger partial charge < -0.3 is 5.11 Å². The van der Waals surface area contributed by atoms with Gasteiger partial charge in [-0.3, -0.25) is 0 Å². The minimum atomic E-state index is -0.147. The van der Waals surface area contributed by atoms with E-state index in [1.807, 2.05) is 0 Å². The van der Waals surface area contributed by atoms with E-state index in [4.69, 9.17) is 0 Å². The largest absolute Gasteiger partial charge is 0.505 e. The Morgan fingerprint density at radius 2 is 1.94 bits per heavy atom. The first-order valence-electron chi connectivity index (χ1n) is 7.15. The van der Waals surface area contributed by atoms with Crippen molar-refractivity contribution >= 4 is 0 Å². The fourth-order valence-electron chi connectivity index (χ4n) is 5.32. The molecule has 3 aliphatic carbocycles. The maximum Gasteiger partial charge on any atom is 0.405 e. The van der Waals surface area contributed by atoms with Gasteiger partial charge in [0.1, 0.15) is 0 Å². The third kappa shape index (κ3) is 1.22. The number of nitrogens with zero attached hydrogens (tertiary/aromatic N) is 2. The lowest BCUT2D eigenvalue weighted by Crippen LogP contribution is -2.47. The molecular formula is C15H23N2O+. The molecule has 18 heavy (non-hydrogen) atoms. The molecule has 0 aliphatic heterocycles. The molecule has 3 rings (SSSR count). The third-order valence-electron chi connectivity index (χ3n) is 6.11. The van der Waals surface area contributed by atoms with Crippen LogP contribution in [-0.2, 0) is 0 Å². The summed E-state index contributed by atoms with van der Waals surface area (Å²) < 4.78 is 0. The first kappa shape index (κ1) is 12.0. The molecular weight excluding hydrogens is 224 g/mol. The Balaban J connectivity index is 2.16. The highest BCUT2D eigenvalue weighted by Crippen LogP contribution is 2.70. The van der Waals surface area contributed by atoms with Crippen molar-refractivity contribution in [3.8, 4) is 0 Å². The molecule has 0 amide bonds. The lowest BCUT2D eigenvalue weighted by Gasteiger charge is -2.52. The molecule has 1 spiro atoms. The van der Waals surface area contributed by atoms with Crippen molar-refractivity contribution in [2.75, 3.05) is 0 Å². The van der Waals surface area contributed by atoms with Gasteiger partial charge in [-0.15, -0.1) is 0 Å². The lowest BCUT2D eigenvalue weighted by atomic mass is 9.49. The monoisotopic (exact) mass is 247 g/mol. The van der Waals surface area contributed by atoms with E-state index in [0.29, 0.717) is 22.8 Å². The van der Waals surface area contributed by atoms with Crippen molar-refractivity contribution in [2.45, 2.75) is 59.3 Å². The summed E-state index contributed by atoms with van der Waals surface area (Å²) in [5, 5.41) is 19.9. The molecule has 0 aromatic carbocycles. The molecule has 2 bridgehead atoms. The highest BCUT2D eigenvalue weighted by molar-refractivity contribution is 5.38. The molecule has 1 N–H and O–H groups in total. The zero-order chi connectivity index (χ0) is 13.2. The van der Waals surface area contributed by atoms with Crippen LogP contribution in [0.1, 0.15) is 59.3 Å². The van der Waals surface area contributed by atoms with Gasteiger partial charge in [0.05, 0.1) is 5.41 Å². The normalized spacial score (nSPS) is 45.6. The van der Waals surface area contributed by atoms with Crippen LogP contribution in [-0.4, -0.2) is 5.11 Å². The van der Waals surface area contributed by atoms with Crippen molar-refractivity contribution in [3.63, 3.8) is 0 Å². The Kier molecular flexibility index (Phi) is 2.20. The van der Waals surface area contributed by atoms with Crippen molar-refractivity contribution in [3.05, 3.63) is 16.4 Å². The molecule has 3 nitrogen and oxygen atoms in total. The van der Waals surface area contributed by atoms with Crippen LogP contribution < -0.4 is 0 Å². The minimum Gasteiger partial charge on any atom is -0.505 e. The van der Waals surface area contributed by atoms with E-state index in [1.165, 1.54) is 12.8 Å². The van der Waals surface area contributed by atoms with Crippen LogP contribution in [0.25, 0.3) is 4.98 Å². The molecule has 0 aromatic heterocycles. The lowest BCUT2D eigenvalue weighted by molar-refractivity contribution is -0.0386. The summed E-state index contributed by atoms with van der Waals surface area (Å²) in [6.45, 7) is 6.80. The highest BCUT2D eigenvalue weighted by atomic mass is 16.3. The van der Waals surface area contributed by atoms with Crippen LogP contribution >= 0.6 is 0 Å². The number of aliphatic hydroxyl groups excluding tert-OH is 1. The number of diazo groups is 1. The number of fused-ring (bicyclic) bond motifs is 1. The van der Waals surface area contributed by atoms with Crippen molar-refractivity contribution in [2.24, 2.45) is 22.2 Å². The zero-order valence-electron chi connectivity index (χ0n) is 11.7. The molecule has 0 unspecified atom stereocenters. The maximum absolute atomic E-state index is 10.4. The molecule has 2 fully saturated rings. The second kappa shape index (κ2) is 3.29. The topological polar surface area (TPSA) is 48.4 Å². The molecule has 0 aromatic rings. The zero-order valence-corrected chi connectivity index (χ0v) is 11.7. The second-order valence-electron chi connectivity index (χ2n) is 7.62. The summed E-state index contributed by atoms with van der Waals surface area (Å²) in [6, 6.07) is 0. The van der Waals surface area contributed by atoms with Gasteiger partial charge in [0.25, 0.3) is 0 Å². The summed E-state index contributed by atoms with van der Waals surface area (Å²) in [7, 11) is 0. The predicted octanol–water partition coefficient (Wildman–Crippen LogP) is 4.63. The Morgan fingerprint density at radius 1 is 1.22 bits per heavy atom. The minimum absolute atomic E-state index is 0.0619. The van der Waals surface area contributed by atoms with E-state index in [0.717, 1.165) is 25.7 Å². The fraction of sp³-hybridized carbons (Fsp3) is 0.867. The highest BCUT2D eigenvalue weighted by Gasteiger charge is 2.68. The van der Waals surface area contributed by atoms with Gasteiger partial charge in [-0.25, -0.2) is 0 Å². The maximum atomic E-state index is 10.4. The molecule has 3 atom stereocenters. The summed E-state index contributed by atoms with van der Waals surface area (Å²) in [6.07, 6.45) is 6.63. The van der Waals surface area contributed by atoms with Crippen LogP contribution in [0.4, 0.5) is 0 Å². The third-order valence-corrected chi connectivity index (χ3v) is 6.11. The number of allylic oxidation sites excluding steroid dienone is 2. The molecule has 0 heterocycles. The fourth-order valence-corrected chi connectivity index (χ4v) is 5.32. The van der Waals surface area contributed by atoms with E-state index in [-0.39, 0.29) is 10.8 Å². The van der Waals surface area contributed by atoms with Crippen LogP contribution in [0, 0.1) is 27.6 Å². The van der Waals surface area contributed by atoms with Gasteiger partial charge >= 0.3 is 5.70 Å². The molecule has 3 aliphatic rings. The van der Waals surface area contributed by atoms with E-state index >= 15 is 0 Å². The summed E-state index contributed by atoms with van der Waals surface area (Å²) in [5.41, 5.74) is 0.694. The Labute approximate surface area is 109 Å². The van der Waals surface area contributed by atoms with Crippen LogP contribution in [0.2, 0.25) is 0 Å². The first-order chi connectivity index (χ1) is 8.36. The van der Waals surface area contributed by atoms with Crippen LogP contribution in [0.5, 0.6) is 0 Å². The standard InChI is InChI=1S/C15H22N2O/c1-13(2)6-4-7-15-9-14(3,8-5-10(13)15)12(18)11(15)17-16/h10H,4-9H2,1-3H3/p+1/t10-,14+,15+/m0/s1. The Hall–Kier alpha value is -1.04. The molecule has 98 valence electrons. The quantitative estimate of drug-likeness (QED) is 0.635. The Bertz CT molecular complexity index is 473. The van der Waals surface area contributed by atoms with Gasteiger partial charge in [-0.05, 0) is 43.4 Å². The van der Waals surface area contributed by atoms with Gasteiger partial charge in [-0.2, -0.15) is 0 Å². The van der Waals surface area contributed by atoms with Gasteiger partial charge in [0.2, 0.25) is 5.39 Å². The number of rotatable bonds is 0. The van der Waals surface area contributed by atoms with E-state index in [1.54, 1.807) is 0 Å². The van der Waals surface area contributed by atoms with E-state index < -0.39 is 0 Å². The van der Waals surface area contributed by atoms with Crippen molar-refractivity contribution < 1.29 is 5.11 Å².